The van der Waals surface area contributed by atoms with Crippen molar-refractivity contribution in [3.8, 4) is 0 Å². The highest BCUT2D eigenvalue weighted by Crippen LogP contribution is 2.32. The lowest BCUT2D eigenvalue weighted by atomic mass is 10.0. The van der Waals surface area contributed by atoms with Crippen molar-refractivity contribution in [2.45, 2.75) is 19.3 Å². The van der Waals surface area contributed by atoms with Gasteiger partial charge in [0.2, 0.25) is 5.91 Å². The van der Waals surface area contributed by atoms with Crippen LogP contribution in [0, 0.1) is 5.92 Å². The van der Waals surface area contributed by atoms with Gasteiger partial charge in [-0.2, -0.15) is 0 Å². The van der Waals surface area contributed by atoms with E-state index in [-0.39, 0.29) is 30.7 Å². The third-order valence-corrected chi connectivity index (χ3v) is 5.36. The molecule has 2 aliphatic heterocycles. The lowest BCUT2D eigenvalue weighted by Crippen LogP contribution is -2.36. The fourth-order valence-corrected chi connectivity index (χ4v) is 3.87. The molecule has 2 aliphatic rings. The van der Waals surface area contributed by atoms with Gasteiger partial charge in [0.1, 0.15) is 0 Å². The van der Waals surface area contributed by atoms with Crippen LogP contribution < -0.4 is 15.5 Å². The summed E-state index contributed by atoms with van der Waals surface area (Å²) in [5, 5.41) is 8.57. The van der Waals surface area contributed by atoms with Crippen molar-refractivity contribution in [3.05, 3.63) is 30.6 Å². The normalized spacial score (nSPS) is 19.0. The van der Waals surface area contributed by atoms with Gasteiger partial charge in [-0.25, -0.2) is 0 Å². The number of morpholine rings is 1. The smallest absolute Gasteiger partial charge is 0.224 e. The van der Waals surface area contributed by atoms with E-state index in [1.807, 2.05) is 24.5 Å². The number of carbonyl (C=O) groups excluding carboxylic acids is 1. The number of carbonyl (C=O) groups is 1. The number of anilines is 2. The van der Waals surface area contributed by atoms with Crippen LogP contribution in [0.1, 0.15) is 19.3 Å². The first-order chi connectivity index (χ1) is 12.8. The summed E-state index contributed by atoms with van der Waals surface area (Å²) in [5.74, 6) is 0.712. The number of amides is 1. The average molecular weight is 427 g/mol. The standard InChI is InChI=1S/C20H26N4O2.2ClH/c25-20(4-1-15-5-7-21-13-15)23-18-2-3-19(24-9-11-26-12-10-24)16-6-8-22-14-17(16)18;;/h2-3,6,8,14-15,21H,1,4-5,7,9-13H2,(H,23,25);2*1H. The van der Waals surface area contributed by atoms with Crippen molar-refractivity contribution in [2.75, 3.05) is 49.6 Å². The summed E-state index contributed by atoms with van der Waals surface area (Å²) in [5.41, 5.74) is 2.03. The molecule has 1 unspecified atom stereocenters. The Balaban J connectivity index is 0.00000140. The number of hydrogen-bond donors (Lipinski definition) is 2. The first kappa shape index (κ1) is 22.7. The molecule has 2 fully saturated rings. The number of hydrogen-bond acceptors (Lipinski definition) is 5. The molecule has 28 heavy (non-hydrogen) atoms. The molecule has 8 heteroatoms. The van der Waals surface area contributed by atoms with Gasteiger partial charge >= 0.3 is 0 Å². The molecule has 1 amide bonds. The van der Waals surface area contributed by atoms with E-state index in [1.54, 1.807) is 0 Å². The van der Waals surface area contributed by atoms with Crippen LogP contribution in [0.4, 0.5) is 11.4 Å². The van der Waals surface area contributed by atoms with Crippen LogP contribution in [0.25, 0.3) is 10.8 Å². The van der Waals surface area contributed by atoms with Gasteiger partial charge in [-0.15, -0.1) is 24.8 Å². The second-order valence-electron chi connectivity index (χ2n) is 7.10. The van der Waals surface area contributed by atoms with E-state index < -0.39 is 0 Å². The van der Waals surface area contributed by atoms with Crippen LogP contribution in [0.2, 0.25) is 0 Å². The molecular formula is C20H28Cl2N4O2. The van der Waals surface area contributed by atoms with Crippen molar-refractivity contribution in [3.63, 3.8) is 0 Å². The Morgan fingerprint density at radius 3 is 2.79 bits per heavy atom. The molecule has 3 heterocycles. The maximum absolute atomic E-state index is 12.4. The van der Waals surface area contributed by atoms with Crippen molar-refractivity contribution < 1.29 is 9.53 Å². The third-order valence-electron chi connectivity index (χ3n) is 5.36. The average Bonchev–Trinajstić information content (AvgIpc) is 3.21. The first-order valence-electron chi connectivity index (χ1n) is 9.51. The van der Waals surface area contributed by atoms with Gasteiger partial charge in [-0.05, 0) is 50.0 Å². The van der Waals surface area contributed by atoms with Gasteiger partial charge in [0.25, 0.3) is 0 Å². The Kier molecular flexibility index (Phi) is 8.76. The molecule has 154 valence electrons. The molecular weight excluding hydrogens is 399 g/mol. The minimum atomic E-state index is 0. The summed E-state index contributed by atoms with van der Waals surface area (Å²) >= 11 is 0. The van der Waals surface area contributed by atoms with E-state index in [0.29, 0.717) is 12.3 Å². The molecule has 2 N–H and O–H groups in total. The quantitative estimate of drug-likeness (QED) is 0.767. The maximum atomic E-state index is 12.4. The Morgan fingerprint density at radius 2 is 2.04 bits per heavy atom. The Labute approximate surface area is 178 Å². The van der Waals surface area contributed by atoms with Crippen LogP contribution >= 0.6 is 24.8 Å². The summed E-state index contributed by atoms with van der Waals surface area (Å²) < 4.78 is 5.46. The summed E-state index contributed by atoms with van der Waals surface area (Å²) in [6.45, 7) is 5.39. The molecule has 0 spiro atoms. The highest BCUT2D eigenvalue weighted by molar-refractivity contribution is 6.06. The number of nitrogens with one attached hydrogen (secondary N) is 2. The second-order valence-corrected chi connectivity index (χ2v) is 7.10. The number of fused-ring (bicyclic) bond motifs is 1. The van der Waals surface area contributed by atoms with Crippen LogP contribution in [0.15, 0.2) is 30.6 Å². The molecule has 1 atom stereocenters. The minimum absolute atomic E-state index is 0. The predicted octanol–water partition coefficient (Wildman–Crippen LogP) is 3.24. The van der Waals surface area contributed by atoms with Gasteiger partial charge in [0.15, 0.2) is 0 Å². The maximum Gasteiger partial charge on any atom is 0.224 e. The zero-order valence-corrected chi connectivity index (χ0v) is 17.5. The molecule has 0 radical (unpaired) electrons. The van der Waals surface area contributed by atoms with Gasteiger partial charge in [-0.3, -0.25) is 9.78 Å². The largest absolute Gasteiger partial charge is 0.378 e. The topological polar surface area (TPSA) is 66.5 Å². The number of ether oxygens (including phenoxy) is 1. The molecule has 4 rings (SSSR count). The number of pyridine rings is 1. The van der Waals surface area contributed by atoms with Crippen molar-refractivity contribution >= 4 is 52.9 Å². The highest BCUT2D eigenvalue weighted by atomic mass is 35.5. The number of nitrogens with zero attached hydrogens (tertiary/aromatic N) is 2. The Morgan fingerprint density at radius 1 is 1.21 bits per heavy atom. The van der Waals surface area contributed by atoms with Crippen LogP contribution in [0.5, 0.6) is 0 Å². The zero-order valence-electron chi connectivity index (χ0n) is 15.9. The number of aromatic nitrogens is 1. The van der Waals surface area contributed by atoms with E-state index in [1.165, 1.54) is 12.1 Å². The second kappa shape index (κ2) is 10.8. The monoisotopic (exact) mass is 426 g/mol. The van der Waals surface area contributed by atoms with Crippen LogP contribution in [-0.2, 0) is 9.53 Å². The lowest BCUT2D eigenvalue weighted by Gasteiger charge is -2.30. The molecule has 0 aliphatic carbocycles. The predicted molar refractivity (Wildman–Crippen MR) is 118 cm³/mol. The molecule has 2 aromatic rings. The van der Waals surface area contributed by atoms with E-state index in [2.05, 4.69) is 26.6 Å². The molecule has 6 nitrogen and oxygen atoms in total. The van der Waals surface area contributed by atoms with Gasteiger partial charge in [-0.1, -0.05) is 0 Å². The summed E-state index contributed by atoms with van der Waals surface area (Å²) in [7, 11) is 0. The number of benzene rings is 1. The third kappa shape index (κ3) is 5.26. The molecule has 0 bridgehead atoms. The van der Waals surface area contributed by atoms with Crippen molar-refractivity contribution in [1.29, 1.82) is 0 Å². The minimum Gasteiger partial charge on any atom is -0.378 e. The molecule has 1 aromatic carbocycles. The number of rotatable bonds is 5. The van der Waals surface area contributed by atoms with Crippen molar-refractivity contribution in [1.82, 2.24) is 10.3 Å². The van der Waals surface area contributed by atoms with Gasteiger partial charge in [0.05, 0.1) is 18.9 Å². The van der Waals surface area contributed by atoms with E-state index >= 15 is 0 Å². The summed E-state index contributed by atoms with van der Waals surface area (Å²) in [6, 6.07) is 6.13. The SMILES string of the molecule is Cl.Cl.O=C(CCC1CCNC1)Nc1ccc(N2CCOCC2)c2ccncc12. The fraction of sp³-hybridized carbons (Fsp3) is 0.500. The van der Waals surface area contributed by atoms with Crippen LogP contribution in [-0.4, -0.2) is 50.3 Å². The zero-order chi connectivity index (χ0) is 17.8. The first-order valence-corrected chi connectivity index (χ1v) is 9.51. The highest BCUT2D eigenvalue weighted by Gasteiger charge is 2.18. The van der Waals surface area contributed by atoms with E-state index in [4.69, 9.17) is 4.74 Å². The van der Waals surface area contributed by atoms with Crippen molar-refractivity contribution in [2.24, 2.45) is 5.92 Å². The van der Waals surface area contributed by atoms with Gasteiger partial charge < -0.3 is 20.3 Å². The van der Waals surface area contributed by atoms with E-state index in [0.717, 1.165) is 62.3 Å². The lowest BCUT2D eigenvalue weighted by molar-refractivity contribution is -0.116. The van der Waals surface area contributed by atoms with E-state index in [9.17, 15) is 4.79 Å². The summed E-state index contributed by atoms with van der Waals surface area (Å²) in [4.78, 5) is 19.0. The molecule has 2 saturated heterocycles. The Hall–Kier alpha value is -1.60. The fourth-order valence-electron chi connectivity index (χ4n) is 3.87. The number of halogens is 2. The molecule has 1 aromatic heterocycles. The molecule has 0 saturated carbocycles. The Bertz CT molecular complexity index is 778. The van der Waals surface area contributed by atoms with Crippen LogP contribution in [0.3, 0.4) is 0 Å². The summed E-state index contributed by atoms with van der Waals surface area (Å²) in [6.07, 6.45) is 6.34. The van der Waals surface area contributed by atoms with Gasteiger partial charge in [0, 0.05) is 48.4 Å².